The van der Waals surface area contributed by atoms with Crippen LogP contribution in [0.15, 0.2) is 42.5 Å². The number of aryl methyl sites for hydroxylation is 1. The highest BCUT2D eigenvalue weighted by Crippen LogP contribution is 2.25. The molecule has 3 nitrogen and oxygen atoms in total. The quantitative estimate of drug-likeness (QED) is 0.881. The van der Waals surface area contributed by atoms with Gasteiger partial charge in [0.25, 0.3) is 0 Å². The van der Waals surface area contributed by atoms with Crippen molar-refractivity contribution in [2.75, 3.05) is 17.2 Å². The Morgan fingerprint density at radius 3 is 2.45 bits per heavy atom. The van der Waals surface area contributed by atoms with Crippen LogP contribution in [-0.4, -0.2) is 12.5 Å². The Bertz CT molecular complexity index is 609. The van der Waals surface area contributed by atoms with Gasteiger partial charge in [0.1, 0.15) is 0 Å². The molecule has 0 spiro atoms. The zero-order valence-corrected chi connectivity index (χ0v) is 12.4. The van der Waals surface area contributed by atoms with Gasteiger partial charge in [0, 0.05) is 0 Å². The number of para-hydroxylation sites is 2. The molecule has 0 unspecified atom stereocenters. The molecule has 0 aliphatic heterocycles. The minimum Gasteiger partial charge on any atom is -0.375 e. The molecule has 2 rings (SSSR count). The summed E-state index contributed by atoms with van der Waals surface area (Å²) in [6, 6.07) is 12.7. The van der Waals surface area contributed by atoms with Crippen LogP contribution in [0.4, 0.5) is 11.4 Å². The molecule has 0 bridgehead atoms. The Morgan fingerprint density at radius 2 is 1.75 bits per heavy atom. The second-order valence-electron chi connectivity index (χ2n) is 4.31. The third-order valence-corrected chi connectivity index (χ3v) is 3.44. The number of benzene rings is 2. The summed E-state index contributed by atoms with van der Waals surface area (Å²) < 4.78 is 0. The van der Waals surface area contributed by atoms with Gasteiger partial charge in [-0.05, 0) is 30.7 Å². The fourth-order valence-corrected chi connectivity index (χ4v) is 2.25. The maximum Gasteiger partial charge on any atom is 0.243 e. The van der Waals surface area contributed by atoms with E-state index in [0.29, 0.717) is 15.7 Å². The third kappa shape index (κ3) is 3.65. The average Bonchev–Trinajstić information content (AvgIpc) is 2.41. The van der Waals surface area contributed by atoms with E-state index in [1.54, 1.807) is 18.2 Å². The van der Waals surface area contributed by atoms with Gasteiger partial charge in [-0.25, -0.2) is 0 Å². The first-order valence-electron chi connectivity index (χ1n) is 6.11. The summed E-state index contributed by atoms with van der Waals surface area (Å²) in [6.07, 6.45) is 0. The second-order valence-corrected chi connectivity index (χ2v) is 5.13. The maximum atomic E-state index is 11.9. The third-order valence-electron chi connectivity index (χ3n) is 2.80. The largest absolute Gasteiger partial charge is 0.375 e. The molecule has 1 amide bonds. The number of amides is 1. The van der Waals surface area contributed by atoms with E-state index in [0.717, 1.165) is 11.3 Å². The van der Waals surface area contributed by atoms with Crippen molar-refractivity contribution >= 4 is 40.5 Å². The lowest BCUT2D eigenvalue weighted by Crippen LogP contribution is -2.22. The molecule has 0 fully saturated rings. The van der Waals surface area contributed by atoms with E-state index >= 15 is 0 Å². The van der Waals surface area contributed by atoms with Gasteiger partial charge in [0.15, 0.2) is 0 Å². The van der Waals surface area contributed by atoms with Crippen LogP contribution in [0.5, 0.6) is 0 Å². The Kier molecular flexibility index (Phi) is 4.88. The van der Waals surface area contributed by atoms with E-state index in [2.05, 4.69) is 10.6 Å². The Labute approximate surface area is 127 Å². The van der Waals surface area contributed by atoms with Crippen LogP contribution in [0.2, 0.25) is 10.0 Å². The summed E-state index contributed by atoms with van der Waals surface area (Å²) in [6.45, 7) is 2.05. The summed E-state index contributed by atoms with van der Waals surface area (Å²) in [4.78, 5) is 11.9. The minimum atomic E-state index is -0.183. The number of carbonyl (C=O) groups excluding carboxylic acids is 1. The van der Waals surface area contributed by atoms with Crippen LogP contribution in [-0.2, 0) is 4.79 Å². The van der Waals surface area contributed by atoms with Gasteiger partial charge < -0.3 is 10.6 Å². The van der Waals surface area contributed by atoms with E-state index in [-0.39, 0.29) is 12.5 Å². The molecule has 2 aromatic rings. The molecule has 2 aromatic carbocycles. The summed E-state index contributed by atoms with van der Waals surface area (Å²) >= 11 is 12.1. The molecule has 0 aliphatic rings. The number of rotatable bonds is 4. The first-order valence-corrected chi connectivity index (χ1v) is 6.87. The molecule has 0 saturated heterocycles. The zero-order chi connectivity index (χ0) is 14.5. The average molecular weight is 309 g/mol. The first-order chi connectivity index (χ1) is 9.58. The van der Waals surface area contributed by atoms with Crippen molar-refractivity contribution in [2.45, 2.75) is 6.92 Å². The molecule has 0 aromatic heterocycles. The van der Waals surface area contributed by atoms with E-state index in [1.165, 1.54) is 0 Å². The highest BCUT2D eigenvalue weighted by molar-refractivity contribution is 6.34. The lowest BCUT2D eigenvalue weighted by molar-refractivity contribution is -0.114. The molecule has 20 heavy (non-hydrogen) atoms. The number of halogens is 2. The number of carbonyl (C=O) groups is 1. The monoisotopic (exact) mass is 308 g/mol. The smallest absolute Gasteiger partial charge is 0.243 e. The van der Waals surface area contributed by atoms with Crippen LogP contribution in [0.1, 0.15) is 5.56 Å². The number of anilines is 2. The fraction of sp³-hybridized carbons (Fsp3) is 0.133. The van der Waals surface area contributed by atoms with Crippen molar-refractivity contribution in [1.82, 2.24) is 0 Å². The Hall–Kier alpha value is -1.71. The van der Waals surface area contributed by atoms with Gasteiger partial charge >= 0.3 is 0 Å². The zero-order valence-electron chi connectivity index (χ0n) is 10.9. The lowest BCUT2D eigenvalue weighted by Gasteiger charge is -2.12. The van der Waals surface area contributed by atoms with Crippen molar-refractivity contribution in [3.05, 3.63) is 58.1 Å². The summed E-state index contributed by atoms with van der Waals surface area (Å²) in [5.41, 5.74) is 2.35. The van der Waals surface area contributed by atoms with Gasteiger partial charge in [0.2, 0.25) is 5.91 Å². The summed E-state index contributed by atoms with van der Waals surface area (Å²) in [5, 5.41) is 6.88. The standard InChI is InChI=1S/C15H14Cl2N2O/c1-10-5-4-7-12(17)15(10)18-9-14(20)19-13-8-3-2-6-11(13)16/h2-8,18H,9H2,1H3,(H,19,20). The molecule has 0 atom stereocenters. The second kappa shape index (κ2) is 6.64. The summed E-state index contributed by atoms with van der Waals surface area (Å²) in [7, 11) is 0. The normalized spacial score (nSPS) is 10.2. The van der Waals surface area contributed by atoms with Crippen LogP contribution in [0.25, 0.3) is 0 Å². The number of hydrogen-bond acceptors (Lipinski definition) is 2. The highest BCUT2D eigenvalue weighted by atomic mass is 35.5. The number of hydrogen-bond donors (Lipinski definition) is 2. The molecule has 0 aliphatic carbocycles. The highest BCUT2D eigenvalue weighted by Gasteiger charge is 2.07. The topological polar surface area (TPSA) is 41.1 Å². The predicted molar refractivity (Wildman–Crippen MR) is 84.8 cm³/mol. The molecule has 104 valence electrons. The van der Waals surface area contributed by atoms with E-state index in [1.807, 2.05) is 31.2 Å². The SMILES string of the molecule is Cc1cccc(Cl)c1NCC(=O)Nc1ccccc1Cl. The summed E-state index contributed by atoms with van der Waals surface area (Å²) in [5.74, 6) is -0.183. The molecule has 0 heterocycles. The first kappa shape index (κ1) is 14.7. The molecule has 0 radical (unpaired) electrons. The molecular weight excluding hydrogens is 295 g/mol. The predicted octanol–water partition coefficient (Wildman–Crippen LogP) is 4.35. The molecule has 5 heteroatoms. The number of nitrogens with one attached hydrogen (secondary N) is 2. The van der Waals surface area contributed by atoms with Crippen LogP contribution in [0.3, 0.4) is 0 Å². The van der Waals surface area contributed by atoms with E-state index < -0.39 is 0 Å². The van der Waals surface area contributed by atoms with Crippen LogP contribution in [0, 0.1) is 6.92 Å². The fourth-order valence-electron chi connectivity index (χ4n) is 1.78. The van der Waals surface area contributed by atoms with Gasteiger partial charge in [-0.2, -0.15) is 0 Å². The van der Waals surface area contributed by atoms with E-state index in [9.17, 15) is 4.79 Å². The maximum absolute atomic E-state index is 11.9. The Balaban J connectivity index is 1.98. The van der Waals surface area contributed by atoms with Crippen LogP contribution >= 0.6 is 23.2 Å². The van der Waals surface area contributed by atoms with Gasteiger partial charge in [-0.3, -0.25) is 4.79 Å². The molecular formula is C15H14Cl2N2O. The van der Waals surface area contributed by atoms with Crippen molar-refractivity contribution in [3.8, 4) is 0 Å². The van der Waals surface area contributed by atoms with Gasteiger partial charge in [0.05, 0.1) is 28.0 Å². The Morgan fingerprint density at radius 1 is 1.05 bits per heavy atom. The van der Waals surface area contributed by atoms with Gasteiger partial charge in [-0.1, -0.05) is 47.5 Å². The van der Waals surface area contributed by atoms with Crippen molar-refractivity contribution < 1.29 is 4.79 Å². The minimum absolute atomic E-state index is 0.121. The van der Waals surface area contributed by atoms with Crippen molar-refractivity contribution in [1.29, 1.82) is 0 Å². The lowest BCUT2D eigenvalue weighted by atomic mass is 10.2. The molecule has 2 N–H and O–H groups in total. The van der Waals surface area contributed by atoms with E-state index in [4.69, 9.17) is 23.2 Å². The van der Waals surface area contributed by atoms with Crippen molar-refractivity contribution in [3.63, 3.8) is 0 Å². The molecule has 0 saturated carbocycles. The van der Waals surface area contributed by atoms with Crippen LogP contribution < -0.4 is 10.6 Å². The van der Waals surface area contributed by atoms with Crippen molar-refractivity contribution in [2.24, 2.45) is 0 Å². The van der Waals surface area contributed by atoms with Gasteiger partial charge in [-0.15, -0.1) is 0 Å².